The summed E-state index contributed by atoms with van der Waals surface area (Å²) in [4.78, 5) is 25.7. The van der Waals surface area contributed by atoms with Crippen LogP contribution in [0.1, 0.15) is 21.9 Å². The number of hydrogen-bond acceptors (Lipinski definition) is 6. The summed E-state index contributed by atoms with van der Waals surface area (Å²) in [6.45, 7) is 6.66. The lowest BCUT2D eigenvalue weighted by Gasteiger charge is -2.35. The quantitative estimate of drug-likeness (QED) is 0.758. The predicted molar refractivity (Wildman–Crippen MR) is 93.5 cm³/mol. The Labute approximate surface area is 144 Å². The molecule has 1 aliphatic rings. The van der Waals surface area contributed by atoms with E-state index in [9.17, 15) is 4.79 Å². The lowest BCUT2D eigenvalue weighted by molar-refractivity contribution is 0.0748. The standard InChI is InChI=1S/C17H19N7O/c1-11-10-15(19-12(2)18-11)23-6-8-24(9-7-23)17(25)13-4-3-5-14-16(13)21-22-20-14/h3-5,10H,6-9H2,1-2H3,(H,20,21,22). The van der Waals surface area contributed by atoms with Crippen molar-refractivity contribution >= 4 is 22.8 Å². The lowest BCUT2D eigenvalue weighted by atomic mass is 10.1. The van der Waals surface area contributed by atoms with Gasteiger partial charge in [-0.3, -0.25) is 4.79 Å². The molecule has 2 aromatic heterocycles. The van der Waals surface area contributed by atoms with Crippen LogP contribution in [-0.4, -0.2) is 62.4 Å². The zero-order chi connectivity index (χ0) is 17.4. The van der Waals surface area contributed by atoms with Gasteiger partial charge in [-0.2, -0.15) is 15.4 Å². The molecule has 8 nitrogen and oxygen atoms in total. The Balaban J connectivity index is 1.50. The number of aromatic amines is 1. The molecule has 1 fully saturated rings. The minimum atomic E-state index is -0.00537. The second-order valence-electron chi connectivity index (χ2n) is 6.19. The first-order valence-electron chi connectivity index (χ1n) is 8.28. The monoisotopic (exact) mass is 337 g/mol. The number of aryl methyl sites for hydroxylation is 2. The van der Waals surface area contributed by atoms with Crippen LogP contribution in [-0.2, 0) is 0 Å². The number of hydrogen-bond donors (Lipinski definition) is 1. The van der Waals surface area contributed by atoms with Crippen molar-refractivity contribution in [1.82, 2.24) is 30.3 Å². The molecule has 1 amide bonds. The fourth-order valence-electron chi connectivity index (χ4n) is 3.21. The highest BCUT2D eigenvalue weighted by Gasteiger charge is 2.25. The molecule has 0 aliphatic carbocycles. The molecule has 0 radical (unpaired) electrons. The number of rotatable bonds is 2. The van der Waals surface area contributed by atoms with Gasteiger partial charge in [0.2, 0.25) is 0 Å². The van der Waals surface area contributed by atoms with Crippen LogP contribution < -0.4 is 4.90 Å². The van der Waals surface area contributed by atoms with E-state index in [0.29, 0.717) is 29.7 Å². The van der Waals surface area contributed by atoms with Crippen molar-refractivity contribution in [1.29, 1.82) is 0 Å². The Hall–Kier alpha value is -3.03. The zero-order valence-electron chi connectivity index (χ0n) is 14.2. The summed E-state index contributed by atoms with van der Waals surface area (Å²) in [5.74, 6) is 1.69. The van der Waals surface area contributed by atoms with Gasteiger partial charge in [-0.05, 0) is 26.0 Å². The van der Waals surface area contributed by atoms with E-state index in [1.54, 1.807) is 6.07 Å². The minimum Gasteiger partial charge on any atom is -0.353 e. The molecule has 4 rings (SSSR count). The Bertz CT molecular complexity index is 907. The van der Waals surface area contributed by atoms with Crippen LogP contribution in [0.4, 0.5) is 5.82 Å². The average Bonchev–Trinajstić information content (AvgIpc) is 3.09. The van der Waals surface area contributed by atoms with Gasteiger partial charge in [-0.25, -0.2) is 9.97 Å². The van der Waals surface area contributed by atoms with E-state index in [1.165, 1.54) is 0 Å². The van der Waals surface area contributed by atoms with Crippen LogP contribution in [0, 0.1) is 13.8 Å². The molecule has 0 atom stereocenters. The van der Waals surface area contributed by atoms with Gasteiger partial charge in [0.25, 0.3) is 5.91 Å². The van der Waals surface area contributed by atoms with Crippen LogP contribution in [0.3, 0.4) is 0 Å². The highest BCUT2D eigenvalue weighted by molar-refractivity contribution is 6.04. The summed E-state index contributed by atoms with van der Waals surface area (Å²) in [6.07, 6.45) is 0. The molecule has 0 saturated carbocycles. The third-order valence-electron chi connectivity index (χ3n) is 4.42. The normalized spacial score (nSPS) is 15.0. The molecule has 25 heavy (non-hydrogen) atoms. The number of amides is 1. The van der Waals surface area contributed by atoms with Crippen molar-refractivity contribution in [3.05, 3.63) is 41.3 Å². The van der Waals surface area contributed by atoms with Crippen molar-refractivity contribution in [2.24, 2.45) is 0 Å². The number of piperazine rings is 1. The summed E-state index contributed by atoms with van der Waals surface area (Å²) >= 11 is 0. The van der Waals surface area contributed by atoms with Crippen LogP contribution in [0.15, 0.2) is 24.3 Å². The van der Waals surface area contributed by atoms with Gasteiger partial charge in [0.1, 0.15) is 22.7 Å². The van der Waals surface area contributed by atoms with E-state index >= 15 is 0 Å². The maximum atomic E-state index is 12.9. The second-order valence-corrected chi connectivity index (χ2v) is 6.19. The molecule has 1 N–H and O–H groups in total. The summed E-state index contributed by atoms with van der Waals surface area (Å²) in [5, 5.41) is 10.7. The van der Waals surface area contributed by atoms with Gasteiger partial charge in [0, 0.05) is 37.9 Å². The minimum absolute atomic E-state index is 0.00537. The number of benzene rings is 1. The average molecular weight is 337 g/mol. The van der Waals surface area contributed by atoms with Crippen LogP contribution >= 0.6 is 0 Å². The van der Waals surface area contributed by atoms with Crippen molar-refractivity contribution in [2.45, 2.75) is 13.8 Å². The molecule has 3 heterocycles. The number of anilines is 1. The van der Waals surface area contributed by atoms with Gasteiger partial charge < -0.3 is 9.80 Å². The molecule has 1 aliphatic heterocycles. The number of H-pyrrole nitrogens is 1. The third kappa shape index (κ3) is 2.90. The van der Waals surface area contributed by atoms with Crippen LogP contribution in [0.25, 0.3) is 11.0 Å². The van der Waals surface area contributed by atoms with E-state index in [2.05, 4.69) is 30.3 Å². The predicted octanol–water partition coefficient (Wildman–Crippen LogP) is 1.33. The van der Waals surface area contributed by atoms with Crippen molar-refractivity contribution in [3.8, 4) is 0 Å². The number of para-hydroxylation sites is 1. The summed E-state index contributed by atoms with van der Waals surface area (Å²) < 4.78 is 0. The molecule has 0 unspecified atom stereocenters. The van der Waals surface area contributed by atoms with Crippen molar-refractivity contribution < 1.29 is 4.79 Å². The molecule has 1 saturated heterocycles. The first-order valence-corrected chi connectivity index (χ1v) is 8.28. The Morgan fingerprint density at radius 3 is 2.64 bits per heavy atom. The Morgan fingerprint density at radius 2 is 1.88 bits per heavy atom. The van der Waals surface area contributed by atoms with Crippen molar-refractivity contribution in [2.75, 3.05) is 31.1 Å². The first-order chi connectivity index (χ1) is 12.1. The molecular weight excluding hydrogens is 318 g/mol. The summed E-state index contributed by atoms with van der Waals surface area (Å²) in [6, 6.07) is 7.46. The molecule has 0 bridgehead atoms. The topological polar surface area (TPSA) is 90.9 Å². The molecule has 0 spiro atoms. The number of nitrogens with zero attached hydrogens (tertiary/aromatic N) is 6. The highest BCUT2D eigenvalue weighted by atomic mass is 16.2. The largest absolute Gasteiger partial charge is 0.353 e. The molecule has 8 heteroatoms. The van der Waals surface area contributed by atoms with E-state index in [0.717, 1.165) is 30.4 Å². The summed E-state index contributed by atoms with van der Waals surface area (Å²) in [5.41, 5.74) is 2.88. The van der Waals surface area contributed by atoms with Gasteiger partial charge in [0.05, 0.1) is 5.56 Å². The molecule has 1 aromatic carbocycles. The van der Waals surface area contributed by atoms with Gasteiger partial charge in [-0.15, -0.1) is 0 Å². The lowest BCUT2D eigenvalue weighted by Crippen LogP contribution is -2.49. The SMILES string of the molecule is Cc1cc(N2CCN(C(=O)c3cccc4n[nH]nc34)CC2)nc(C)n1. The Kier molecular flexibility index (Phi) is 3.79. The molecule has 128 valence electrons. The smallest absolute Gasteiger partial charge is 0.256 e. The van der Waals surface area contributed by atoms with Crippen LogP contribution in [0.2, 0.25) is 0 Å². The van der Waals surface area contributed by atoms with E-state index in [4.69, 9.17) is 0 Å². The fraction of sp³-hybridized carbons (Fsp3) is 0.353. The van der Waals surface area contributed by atoms with Crippen LogP contribution in [0.5, 0.6) is 0 Å². The summed E-state index contributed by atoms with van der Waals surface area (Å²) in [7, 11) is 0. The van der Waals surface area contributed by atoms with Gasteiger partial charge >= 0.3 is 0 Å². The third-order valence-corrected chi connectivity index (χ3v) is 4.42. The number of nitrogens with one attached hydrogen (secondary N) is 1. The van der Waals surface area contributed by atoms with E-state index in [1.807, 2.05) is 36.9 Å². The second kappa shape index (κ2) is 6.12. The number of carbonyl (C=O) groups is 1. The zero-order valence-corrected chi connectivity index (χ0v) is 14.2. The Morgan fingerprint density at radius 1 is 1.08 bits per heavy atom. The maximum Gasteiger partial charge on any atom is 0.256 e. The number of aromatic nitrogens is 5. The van der Waals surface area contributed by atoms with E-state index in [-0.39, 0.29) is 5.91 Å². The highest BCUT2D eigenvalue weighted by Crippen LogP contribution is 2.19. The van der Waals surface area contributed by atoms with Crippen molar-refractivity contribution in [3.63, 3.8) is 0 Å². The number of fused-ring (bicyclic) bond motifs is 1. The van der Waals surface area contributed by atoms with Gasteiger partial charge in [0.15, 0.2) is 0 Å². The number of carbonyl (C=O) groups excluding carboxylic acids is 1. The fourth-order valence-corrected chi connectivity index (χ4v) is 3.21. The van der Waals surface area contributed by atoms with E-state index < -0.39 is 0 Å². The molecule has 3 aromatic rings. The first kappa shape index (κ1) is 15.5. The molecular formula is C17H19N7O. The van der Waals surface area contributed by atoms with Gasteiger partial charge in [-0.1, -0.05) is 6.07 Å². The maximum absolute atomic E-state index is 12.9.